The van der Waals surface area contributed by atoms with E-state index in [1.165, 1.54) is 0 Å². The SMILES string of the molecule is O=CC1C=N[N+](c2ccccc2)=C1. The Hall–Kier alpha value is -1.77. The molecule has 0 aromatic heterocycles. The molecule has 1 aliphatic heterocycles. The van der Waals surface area contributed by atoms with E-state index in [0.29, 0.717) is 0 Å². The Morgan fingerprint density at radius 3 is 2.69 bits per heavy atom. The lowest BCUT2D eigenvalue weighted by atomic mass is 10.2. The predicted molar refractivity (Wildman–Crippen MR) is 50.5 cm³/mol. The van der Waals surface area contributed by atoms with Gasteiger partial charge in [-0.25, -0.2) is 0 Å². The van der Waals surface area contributed by atoms with E-state index in [0.717, 1.165) is 12.0 Å². The normalized spacial score (nSPS) is 20.0. The second-order valence-corrected chi connectivity index (χ2v) is 2.81. The number of para-hydroxylation sites is 1. The van der Waals surface area contributed by atoms with Crippen LogP contribution in [0.1, 0.15) is 0 Å². The first-order valence-electron chi connectivity index (χ1n) is 4.09. The molecule has 0 spiro atoms. The number of rotatable bonds is 2. The topological polar surface area (TPSA) is 32.4 Å². The largest absolute Gasteiger partial charge is 0.302 e. The molecule has 0 N–H and O–H groups in total. The number of benzene rings is 1. The van der Waals surface area contributed by atoms with Gasteiger partial charge in [0.2, 0.25) is 5.69 Å². The lowest BCUT2D eigenvalue weighted by Gasteiger charge is -1.88. The highest BCUT2D eigenvalue weighted by Crippen LogP contribution is 2.12. The zero-order valence-electron chi connectivity index (χ0n) is 7.00. The molecular formula is C10H9N2O+. The zero-order chi connectivity index (χ0) is 9.10. The number of carbonyl (C=O) groups is 1. The maximum atomic E-state index is 10.4. The minimum Gasteiger partial charge on any atom is -0.302 e. The summed E-state index contributed by atoms with van der Waals surface area (Å²) in [6, 6.07) is 9.71. The van der Waals surface area contributed by atoms with E-state index < -0.39 is 0 Å². The summed E-state index contributed by atoms with van der Waals surface area (Å²) in [7, 11) is 0. The van der Waals surface area contributed by atoms with Gasteiger partial charge < -0.3 is 4.79 Å². The molecule has 1 aromatic carbocycles. The standard InChI is InChI=1S/C10H9N2O/c13-8-9-6-11-12(7-9)10-4-2-1-3-5-10/h1-9H/q+1. The van der Waals surface area contributed by atoms with Crippen molar-refractivity contribution in [3.63, 3.8) is 0 Å². The monoisotopic (exact) mass is 173 g/mol. The molecule has 0 saturated carbocycles. The van der Waals surface area contributed by atoms with Crippen molar-refractivity contribution in [2.75, 3.05) is 0 Å². The fourth-order valence-electron chi connectivity index (χ4n) is 1.19. The average molecular weight is 173 g/mol. The minimum atomic E-state index is -0.180. The van der Waals surface area contributed by atoms with Crippen LogP contribution in [0.15, 0.2) is 35.4 Å². The molecular weight excluding hydrogens is 164 g/mol. The molecule has 1 aliphatic rings. The summed E-state index contributed by atoms with van der Waals surface area (Å²) in [5.41, 5.74) is 0.975. The molecule has 64 valence electrons. The van der Waals surface area contributed by atoms with Crippen LogP contribution in [0.25, 0.3) is 0 Å². The second-order valence-electron chi connectivity index (χ2n) is 2.81. The number of hydrogen-bond acceptors (Lipinski definition) is 2. The number of nitrogens with zero attached hydrogens (tertiary/aromatic N) is 2. The van der Waals surface area contributed by atoms with Crippen molar-refractivity contribution in [2.45, 2.75) is 0 Å². The van der Waals surface area contributed by atoms with Crippen LogP contribution >= 0.6 is 0 Å². The maximum Gasteiger partial charge on any atom is 0.237 e. The van der Waals surface area contributed by atoms with Crippen LogP contribution in [0.3, 0.4) is 0 Å². The molecule has 0 aliphatic carbocycles. The van der Waals surface area contributed by atoms with Crippen LogP contribution < -0.4 is 0 Å². The molecule has 2 rings (SSSR count). The third-order valence-corrected chi connectivity index (χ3v) is 1.85. The lowest BCUT2D eigenvalue weighted by Crippen LogP contribution is -2.03. The highest BCUT2D eigenvalue weighted by atomic mass is 16.1. The van der Waals surface area contributed by atoms with Crippen LogP contribution in [0.2, 0.25) is 0 Å². The van der Waals surface area contributed by atoms with Crippen LogP contribution in [0, 0.1) is 5.92 Å². The van der Waals surface area contributed by atoms with E-state index in [-0.39, 0.29) is 5.92 Å². The molecule has 1 atom stereocenters. The summed E-state index contributed by atoms with van der Waals surface area (Å²) in [5.74, 6) is -0.180. The Morgan fingerprint density at radius 2 is 2.08 bits per heavy atom. The molecule has 3 nitrogen and oxygen atoms in total. The Morgan fingerprint density at radius 1 is 1.31 bits per heavy atom. The van der Waals surface area contributed by atoms with Gasteiger partial charge in [-0.15, -0.1) is 0 Å². The molecule has 1 heterocycles. The van der Waals surface area contributed by atoms with Gasteiger partial charge in [0.15, 0.2) is 6.21 Å². The summed E-state index contributed by atoms with van der Waals surface area (Å²) < 4.78 is 1.71. The van der Waals surface area contributed by atoms with E-state index >= 15 is 0 Å². The number of aldehydes is 1. The summed E-state index contributed by atoms with van der Waals surface area (Å²) in [6.45, 7) is 0. The third-order valence-electron chi connectivity index (χ3n) is 1.85. The number of carbonyl (C=O) groups excluding carboxylic acids is 1. The van der Waals surface area contributed by atoms with E-state index in [9.17, 15) is 4.79 Å². The van der Waals surface area contributed by atoms with Gasteiger partial charge in [-0.05, 0) is 5.10 Å². The predicted octanol–water partition coefficient (Wildman–Crippen LogP) is 1.22. The number of hydrazone groups is 1. The van der Waals surface area contributed by atoms with Gasteiger partial charge in [0.25, 0.3) is 0 Å². The van der Waals surface area contributed by atoms with Gasteiger partial charge >= 0.3 is 0 Å². The quantitative estimate of drug-likeness (QED) is 0.488. The molecule has 1 unspecified atom stereocenters. The van der Waals surface area contributed by atoms with E-state index in [4.69, 9.17) is 0 Å². The summed E-state index contributed by atoms with van der Waals surface area (Å²) >= 11 is 0. The molecule has 0 amide bonds. The second kappa shape index (κ2) is 3.31. The third kappa shape index (κ3) is 1.54. The highest BCUT2D eigenvalue weighted by molar-refractivity contribution is 5.99. The molecule has 0 fully saturated rings. The highest BCUT2D eigenvalue weighted by Gasteiger charge is 2.18. The Labute approximate surface area is 76.0 Å². The molecule has 0 radical (unpaired) electrons. The van der Waals surface area contributed by atoms with Gasteiger partial charge in [-0.2, -0.15) is 0 Å². The van der Waals surface area contributed by atoms with Crippen LogP contribution in [-0.2, 0) is 4.79 Å². The molecule has 13 heavy (non-hydrogen) atoms. The van der Waals surface area contributed by atoms with Gasteiger partial charge in [-0.3, -0.25) is 0 Å². The minimum absolute atomic E-state index is 0.180. The summed E-state index contributed by atoms with van der Waals surface area (Å²) in [5, 5.41) is 4.08. The van der Waals surface area contributed by atoms with E-state index in [2.05, 4.69) is 5.10 Å². The van der Waals surface area contributed by atoms with Crippen LogP contribution in [0.5, 0.6) is 0 Å². The first-order chi connectivity index (χ1) is 6.40. The zero-order valence-corrected chi connectivity index (χ0v) is 7.00. The fourth-order valence-corrected chi connectivity index (χ4v) is 1.19. The molecule has 0 bridgehead atoms. The first kappa shape index (κ1) is 7.86. The van der Waals surface area contributed by atoms with Crippen molar-refractivity contribution in [3.8, 4) is 0 Å². The molecule has 0 saturated heterocycles. The Balaban J connectivity index is 2.30. The fraction of sp³-hybridized carbons (Fsp3) is 0.100. The lowest BCUT2D eigenvalue weighted by molar-refractivity contribution is -0.437. The van der Waals surface area contributed by atoms with Crippen molar-refractivity contribution in [1.29, 1.82) is 0 Å². The first-order valence-corrected chi connectivity index (χ1v) is 4.09. The molecule has 1 aromatic rings. The van der Waals surface area contributed by atoms with Crippen molar-refractivity contribution in [2.24, 2.45) is 11.0 Å². The molecule has 3 heteroatoms. The van der Waals surface area contributed by atoms with Crippen LogP contribution in [0.4, 0.5) is 5.69 Å². The van der Waals surface area contributed by atoms with Crippen molar-refractivity contribution in [3.05, 3.63) is 30.3 Å². The van der Waals surface area contributed by atoms with Gasteiger partial charge in [0, 0.05) is 12.1 Å². The summed E-state index contributed by atoms with van der Waals surface area (Å²) in [6.07, 6.45) is 4.27. The van der Waals surface area contributed by atoms with Gasteiger partial charge in [-0.1, -0.05) is 22.9 Å². The van der Waals surface area contributed by atoms with Crippen molar-refractivity contribution >= 4 is 24.4 Å². The Kier molecular flexibility index (Phi) is 2.00. The van der Waals surface area contributed by atoms with E-state index in [1.807, 2.05) is 30.3 Å². The van der Waals surface area contributed by atoms with Crippen molar-refractivity contribution in [1.82, 2.24) is 0 Å². The maximum absolute atomic E-state index is 10.4. The van der Waals surface area contributed by atoms with Crippen molar-refractivity contribution < 1.29 is 9.48 Å². The Bertz CT molecular complexity index is 368. The van der Waals surface area contributed by atoms with Gasteiger partial charge in [0.05, 0.1) is 6.21 Å². The number of hydrogen-bond donors (Lipinski definition) is 0. The van der Waals surface area contributed by atoms with Crippen LogP contribution in [-0.4, -0.2) is 23.4 Å². The van der Waals surface area contributed by atoms with E-state index in [1.54, 1.807) is 17.1 Å². The van der Waals surface area contributed by atoms with Gasteiger partial charge in [0.1, 0.15) is 12.2 Å². The summed E-state index contributed by atoms with van der Waals surface area (Å²) in [4.78, 5) is 10.4. The smallest absolute Gasteiger partial charge is 0.237 e. The average Bonchev–Trinajstić information content (AvgIpc) is 2.67.